The number of halogens is 2. The second kappa shape index (κ2) is 8.05. The van der Waals surface area contributed by atoms with Gasteiger partial charge in [0.2, 0.25) is 10.0 Å². The van der Waals surface area contributed by atoms with Gasteiger partial charge in [-0.2, -0.15) is 0 Å². The van der Waals surface area contributed by atoms with Crippen LogP contribution in [0.4, 0.5) is 0 Å². The minimum Gasteiger partial charge on any atom is -0.320 e. The summed E-state index contributed by atoms with van der Waals surface area (Å²) in [5, 5.41) is 2.96. The van der Waals surface area contributed by atoms with Crippen LogP contribution in [0.2, 0.25) is 0 Å². The molecule has 98 valence electrons. The molecule has 0 aliphatic rings. The van der Waals surface area contributed by atoms with Crippen molar-refractivity contribution in [3.05, 3.63) is 28.7 Å². The maximum atomic E-state index is 11.8. The first-order chi connectivity index (χ1) is 7.56. The van der Waals surface area contributed by atoms with Crippen LogP contribution in [-0.2, 0) is 10.0 Å². The van der Waals surface area contributed by atoms with Crippen molar-refractivity contribution < 1.29 is 8.42 Å². The molecule has 0 saturated heterocycles. The first-order valence-electron chi connectivity index (χ1n) is 4.96. The number of hydrogen-bond donors (Lipinski definition) is 2. The van der Waals surface area contributed by atoms with Crippen LogP contribution in [0.15, 0.2) is 33.6 Å². The fraction of sp³-hybridized carbons (Fsp3) is 0.400. The van der Waals surface area contributed by atoms with E-state index in [4.69, 9.17) is 0 Å². The Bertz CT molecular complexity index is 422. The Morgan fingerprint density at radius 2 is 1.76 bits per heavy atom. The molecule has 0 bridgehead atoms. The molecule has 1 aromatic rings. The summed E-state index contributed by atoms with van der Waals surface area (Å²) in [4.78, 5) is 0.292. The second-order valence-electron chi connectivity index (χ2n) is 3.31. The third-order valence-corrected chi connectivity index (χ3v) is 4.03. The topological polar surface area (TPSA) is 58.2 Å². The normalized spacial score (nSPS) is 10.9. The molecule has 7 heteroatoms. The highest BCUT2D eigenvalue weighted by molar-refractivity contribution is 9.10. The van der Waals surface area contributed by atoms with E-state index in [2.05, 4.69) is 26.0 Å². The zero-order valence-corrected chi connectivity index (χ0v) is 12.7. The molecule has 4 nitrogen and oxygen atoms in total. The average molecular weight is 344 g/mol. The Hall–Kier alpha value is -0.140. The largest absolute Gasteiger partial charge is 0.320 e. The van der Waals surface area contributed by atoms with Crippen LogP contribution in [0.1, 0.15) is 6.42 Å². The van der Waals surface area contributed by atoms with Gasteiger partial charge in [-0.15, -0.1) is 12.4 Å². The number of sulfonamides is 1. The molecule has 0 aliphatic carbocycles. The van der Waals surface area contributed by atoms with Gasteiger partial charge in [-0.1, -0.05) is 15.9 Å². The highest BCUT2D eigenvalue weighted by Crippen LogP contribution is 2.14. The molecule has 0 aliphatic heterocycles. The van der Waals surface area contributed by atoms with E-state index in [9.17, 15) is 8.42 Å². The fourth-order valence-electron chi connectivity index (χ4n) is 1.17. The minimum absolute atomic E-state index is 0. The summed E-state index contributed by atoms with van der Waals surface area (Å²) < 4.78 is 26.9. The van der Waals surface area contributed by atoms with Gasteiger partial charge < -0.3 is 5.32 Å². The lowest BCUT2D eigenvalue weighted by Gasteiger charge is -2.06. The van der Waals surface area contributed by atoms with Gasteiger partial charge in [0.25, 0.3) is 0 Å². The lowest BCUT2D eigenvalue weighted by atomic mass is 10.4. The van der Waals surface area contributed by atoms with E-state index in [1.165, 1.54) is 0 Å². The molecule has 0 saturated carbocycles. The predicted octanol–water partition coefficient (Wildman–Crippen LogP) is 1.76. The van der Waals surface area contributed by atoms with Crippen molar-refractivity contribution in [1.29, 1.82) is 0 Å². The Morgan fingerprint density at radius 3 is 2.29 bits per heavy atom. The maximum absolute atomic E-state index is 11.8. The van der Waals surface area contributed by atoms with Crippen LogP contribution >= 0.6 is 28.3 Å². The zero-order valence-electron chi connectivity index (χ0n) is 9.44. The van der Waals surface area contributed by atoms with Crippen molar-refractivity contribution in [1.82, 2.24) is 10.0 Å². The predicted molar refractivity (Wildman–Crippen MR) is 75.1 cm³/mol. The summed E-state index contributed by atoms with van der Waals surface area (Å²) in [6, 6.07) is 6.57. The summed E-state index contributed by atoms with van der Waals surface area (Å²) in [6.07, 6.45) is 0.770. The number of rotatable bonds is 6. The third-order valence-electron chi connectivity index (χ3n) is 2.02. The summed E-state index contributed by atoms with van der Waals surface area (Å²) in [5.74, 6) is 0. The molecule has 1 aromatic carbocycles. The van der Waals surface area contributed by atoms with E-state index in [-0.39, 0.29) is 12.4 Å². The number of benzene rings is 1. The van der Waals surface area contributed by atoms with Gasteiger partial charge >= 0.3 is 0 Å². The smallest absolute Gasteiger partial charge is 0.240 e. The van der Waals surface area contributed by atoms with Gasteiger partial charge in [0, 0.05) is 11.0 Å². The molecular weight excluding hydrogens is 328 g/mol. The maximum Gasteiger partial charge on any atom is 0.240 e. The molecule has 1 rings (SSSR count). The number of nitrogens with one attached hydrogen (secondary N) is 2. The Kier molecular flexibility index (Phi) is 7.98. The van der Waals surface area contributed by atoms with Gasteiger partial charge in [0.15, 0.2) is 0 Å². The van der Waals surface area contributed by atoms with Crippen molar-refractivity contribution in [2.75, 3.05) is 20.1 Å². The van der Waals surface area contributed by atoms with Crippen LogP contribution in [0.25, 0.3) is 0 Å². The molecule has 17 heavy (non-hydrogen) atoms. The number of hydrogen-bond acceptors (Lipinski definition) is 3. The Morgan fingerprint density at radius 1 is 1.18 bits per heavy atom. The molecule has 2 N–H and O–H groups in total. The summed E-state index contributed by atoms with van der Waals surface area (Å²) in [5.41, 5.74) is 0. The molecule has 0 atom stereocenters. The van der Waals surface area contributed by atoms with Gasteiger partial charge in [0.05, 0.1) is 4.90 Å². The quantitative estimate of drug-likeness (QED) is 0.774. The molecule has 0 fully saturated rings. The SMILES string of the molecule is CNCCCNS(=O)(=O)c1ccc(Br)cc1.Cl. The van der Waals surface area contributed by atoms with Crippen LogP contribution in [0.5, 0.6) is 0 Å². The molecule has 0 aromatic heterocycles. The van der Waals surface area contributed by atoms with Crippen molar-refractivity contribution in [3.8, 4) is 0 Å². The van der Waals surface area contributed by atoms with Crippen molar-refractivity contribution in [2.45, 2.75) is 11.3 Å². The van der Waals surface area contributed by atoms with E-state index in [0.29, 0.717) is 11.4 Å². The third kappa shape index (κ3) is 5.83. The average Bonchev–Trinajstić information content (AvgIpc) is 2.25. The van der Waals surface area contributed by atoms with Crippen LogP contribution in [0, 0.1) is 0 Å². The highest BCUT2D eigenvalue weighted by Gasteiger charge is 2.12. The molecule has 0 amide bonds. The first-order valence-corrected chi connectivity index (χ1v) is 7.24. The standard InChI is InChI=1S/C10H15BrN2O2S.ClH/c1-12-7-2-8-13-16(14,15)10-5-3-9(11)4-6-10;/h3-6,12-13H,2,7-8H2,1H3;1H. The molecule has 0 radical (unpaired) electrons. The van der Waals surface area contributed by atoms with Crippen LogP contribution in [-0.4, -0.2) is 28.6 Å². The second-order valence-corrected chi connectivity index (χ2v) is 5.99. The van der Waals surface area contributed by atoms with Crippen LogP contribution in [0.3, 0.4) is 0 Å². The minimum atomic E-state index is -3.36. The molecule has 0 unspecified atom stereocenters. The first kappa shape index (κ1) is 16.9. The summed E-state index contributed by atoms with van der Waals surface area (Å²) in [6.45, 7) is 1.24. The van der Waals surface area contributed by atoms with E-state index in [1.807, 2.05) is 7.05 Å². The van der Waals surface area contributed by atoms with Crippen molar-refractivity contribution in [3.63, 3.8) is 0 Å². The van der Waals surface area contributed by atoms with Gasteiger partial charge in [-0.05, 0) is 44.3 Å². The van der Waals surface area contributed by atoms with E-state index in [1.54, 1.807) is 24.3 Å². The molecular formula is C10H16BrClN2O2S. The van der Waals surface area contributed by atoms with E-state index < -0.39 is 10.0 Å². The van der Waals surface area contributed by atoms with Gasteiger partial charge in [-0.25, -0.2) is 13.1 Å². The fourth-order valence-corrected chi connectivity index (χ4v) is 2.51. The van der Waals surface area contributed by atoms with E-state index >= 15 is 0 Å². The van der Waals surface area contributed by atoms with Crippen molar-refractivity contribution in [2.24, 2.45) is 0 Å². The van der Waals surface area contributed by atoms with Crippen molar-refractivity contribution >= 4 is 38.4 Å². The summed E-state index contributed by atoms with van der Waals surface area (Å²) in [7, 11) is -1.52. The molecule has 0 spiro atoms. The monoisotopic (exact) mass is 342 g/mol. The van der Waals surface area contributed by atoms with Gasteiger partial charge in [0.1, 0.15) is 0 Å². The Balaban J connectivity index is 0.00000256. The Labute approximate surface area is 117 Å². The zero-order chi connectivity index (χ0) is 12.0. The summed E-state index contributed by atoms with van der Waals surface area (Å²) >= 11 is 3.26. The molecule has 0 heterocycles. The lowest BCUT2D eigenvalue weighted by molar-refractivity contribution is 0.577. The van der Waals surface area contributed by atoms with E-state index in [0.717, 1.165) is 17.4 Å². The lowest BCUT2D eigenvalue weighted by Crippen LogP contribution is -2.26. The van der Waals surface area contributed by atoms with Crippen LogP contribution < -0.4 is 10.0 Å². The highest BCUT2D eigenvalue weighted by atomic mass is 79.9. The van der Waals surface area contributed by atoms with Gasteiger partial charge in [-0.3, -0.25) is 0 Å².